The maximum absolute atomic E-state index is 9.99. The number of hydrogen-bond acceptors (Lipinski definition) is 3. The van der Waals surface area contributed by atoms with Crippen LogP contribution in [0.15, 0.2) is 0 Å². The summed E-state index contributed by atoms with van der Waals surface area (Å²) in [6.07, 6.45) is 3.67. The molecule has 1 aliphatic carbocycles. The molecule has 16 heavy (non-hydrogen) atoms. The van der Waals surface area contributed by atoms with Gasteiger partial charge in [0.25, 0.3) is 0 Å². The summed E-state index contributed by atoms with van der Waals surface area (Å²) < 4.78 is 11.6. The molecule has 3 nitrogen and oxygen atoms in total. The fourth-order valence-electron chi connectivity index (χ4n) is 3.29. The average molecular weight is 228 g/mol. The topological polar surface area (TPSA) is 38.7 Å². The van der Waals surface area contributed by atoms with Gasteiger partial charge < -0.3 is 14.6 Å². The highest BCUT2D eigenvalue weighted by molar-refractivity contribution is 4.96. The van der Waals surface area contributed by atoms with E-state index in [0.717, 1.165) is 38.9 Å². The molecule has 1 spiro atoms. The number of ether oxygens (including phenoxy) is 2. The van der Waals surface area contributed by atoms with Gasteiger partial charge in [-0.25, -0.2) is 0 Å². The van der Waals surface area contributed by atoms with Crippen molar-refractivity contribution in [1.29, 1.82) is 0 Å². The third-order valence-corrected chi connectivity index (χ3v) is 4.80. The molecule has 1 heterocycles. The molecule has 0 aromatic carbocycles. The number of rotatable bonds is 2. The predicted octanol–water partition coefficient (Wildman–Crippen LogP) is 2.33. The van der Waals surface area contributed by atoms with Crippen LogP contribution in [0.2, 0.25) is 0 Å². The van der Waals surface area contributed by atoms with Crippen molar-refractivity contribution in [2.45, 2.75) is 58.3 Å². The fourth-order valence-corrected chi connectivity index (χ4v) is 3.29. The van der Waals surface area contributed by atoms with Crippen molar-refractivity contribution in [1.82, 2.24) is 0 Å². The van der Waals surface area contributed by atoms with E-state index in [1.807, 2.05) is 6.92 Å². The van der Waals surface area contributed by atoms with Crippen LogP contribution in [0.4, 0.5) is 0 Å². The molecule has 3 heteroatoms. The summed E-state index contributed by atoms with van der Waals surface area (Å²) in [7, 11) is 0. The van der Waals surface area contributed by atoms with Crippen molar-refractivity contribution < 1.29 is 14.6 Å². The molecule has 3 unspecified atom stereocenters. The lowest BCUT2D eigenvalue weighted by Crippen LogP contribution is -2.49. The minimum Gasteiger partial charge on any atom is -0.393 e. The summed E-state index contributed by atoms with van der Waals surface area (Å²) in [6, 6.07) is 0. The van der Waals surface area contributed by atoms with E-state index < -0.39 is 0 Å². The van der Waals surface area contributed by atoms with Crippen LogP contribution in [0, 0.1) is 11.3 Å². The Balaban J connectivity index is 2.13. The average Bonchev–Trinajstić information content (AvgIpc) is 2.71. The minimum atomic E-state index is -0.324. The molecule has 1 saturated carbocycles. The first-order valence-corrected chi connectivity index (χ1v) is 6.48. The Morgan fingerprint density at radius 2 is 1.94 bits per heavy atom. The Kier molecular flexibility index (Phi) is 3.30. The third kappa shape index (κ3) is 1.89. The zero-order valence-corrected chi connectivity index (χ0v) is 10.7. The number of aliphatic hydroxyl groups is 1. The van der Waals surface area contributed by atoms with Crippen LogP contribution in [-0.2, 0) is 9.47 Å². The van der Waals surface area contributed by atoms with Gasteiger partial charge in [-0.1, -0.05) is 20.3 Å². The smallest absolute Gasteiger partial charge is 0.168 e. The standard InChI is InChI=1S/C13H24O3/c1-4-11-9-13(15-7-8-16-13)6-5-12(11,3)10(2)14/h10-11,14H,4-9H2,1-3H3. The molecule has 2 fully saturated rings. The van der Waals surface area contributed by atoms with Crippen LogP contribution in [-0.4, -0.2) is 30.2 Å². The Bertz CT molecular complexity index is 246. The summed E-state index contributed by atoms with van der Waals surface area (Å²) in [4.78, 5) is 0. The van der Waals surface area contributed by atoms with Crippen LogP contribution < -0.4 is 0 Å². The zero-order valence-electron chi connectivity index (χ0n) is 10.7. The van der Waals surface area contributed by atoms with Gasteiger partial charge in [0.1, 0.15) is 0 Å². The molecule has 0 radical (unpaired) electrons. The molecule has 0 bridgehead atoms. The second-order valence-electron chi connectivity index (χ2n) is 5.60. The molecule has 0 amide bonds. The first kappa shape index (κ1) is 12.3. The fraction of sp³-hybridized carbons (Fsp3) is 1.00. The van der Waals surface area contributed by atoms with Crippen LogP contribution in [0.1, 0.15) is 46.5 Å². The van der Waals surface area contributed by atoms with Gasteiger partial charge in [-0.15, -0.1) is 0 Å². The maximum Gasteiger partial charge on any atom is 0.168 e. The Labute approximate surface area is 98.1 Å². The van der Waals surface area contributed by atoms with E-state index in [4.69, 9.17) is 9.47 Å². The van der Waals surface area contributed by atoms with E-state index in [2.05, 4.69) is 13.8 Å². The van der Waals surface area contributed by atoms with Crippen molar-refractivity contribution in [3.05, 3.63) is 0 Å². The highest BCUT2D eigenvalue weighted by Crippen LogP contribution is 2.51. The second-order valence-corrected chi connectivity index (χ2v) is 5.60. The normalized spacial score (nSPS) is 40.1. The quantitative estimate of drug-likeness (QED) is 0.788. The van der Waals surface area contributed by atoms with Gasteiger partial charge in [0, 0.05) is 12.8 Å². The van der Waals surface area contributed by atoms with Gasteiger partial charge in [-0.2, -0.15) is 0 Å². The molecule has 1 aliphatic heterocycles. The van der Waals surface area contributed by atoms with E-state index in [-0.39, 0.29) is 17.3 Å². The molecule has 94 valence electrons. The monoisotopic (exact) mass is 228 g/mol. The van der Waals surface area contributed by atoms with Gasteiger partial charge in [0.2, 0.25) is 0 Å². The molecule has 3 atom stereocenters. The van der Waals surface area contributed by atoms with Crippen LogP contribution in [0.25, 0.3) is 0 Å². The van der Waals surface area contributed by atoms with Crippen molar-refractivity contribution in [3.63, 3.8) is 0 Å². The molecule has 2 aliphatic rings. The molecular formula is C13H24O3. The molecule has 1 saturated heterocycles. The van der Waals surface area contributed by atoms with E-state index in [9.17, 15) is 5.11 Å². The zero-order chi connectivity index (χ0) is 11.8. The lowest BCUT2D eigenvalue weighted by molar-refractivity contribution is -0.216. The van der Waals surface area contributed by atoms with Gasteiger partial charge in [-0.05, 0) is 24.7 Å². The van der Waals surface area contributed by atoms with Crippen molar-refractivity contribution >= 4 is 0 Å². The SMILES string of the molecule is CCC1CC2(CCC1(C)C(C)O)OCCO2. The summed E-state index contributed by atoms with van der Waals surface area (Å²) in [6.45, 7) is 7.76. The first-order chi connectivity index (χ1) is 7.52. The van der Waals surface area contributed by atoms with Crippen molar-refractivity contribution in [2.75, 3.05) is 13.2 Å². The van der Waals surface area contributed by atoms with Gasteiger partial charge in [-0.3, -0.25) is 0 Å². The third-order valence-electron chi connectivity index (χ3n) is 4.80. The first-order valence-electron chi connectivity index (χ1n) is 6.48. The van der Waals surface area contributed by atoms with Crippen molar-refractivity contribution in [3.8, 4) is 0 Å². The molecule has 0 aromatic rings. The largest absolute Gasteiger partial charge is 0.393 e. The Morgan fingerprint density at radius 1 is 1.31 bits per heavy atom. The Hall–Kier alpha value is -0.120. The highest BCUT2D eigenvalue weighted by Gasteiger charge is 2.50. The number of hydrogen-bond donors (Lipinski definition) is 1. The summed E-state index contributed by atoms with van der Waals surface area (Å²) in [5.41, 5.74) is 0.0231. The molecule has 1 N–H and O–H groups in total. The lowest BCUT2D eigenvalue weighted by Gasteiger charge is -2.49. The summed E-state index contributed by atoms with van der Waals surface area (Å²) in [5, 5.41) is 9.99. The highest BCUT2D eigenvalue weighted by atomic mass is 16.7. The van der Waals surface area contributed by atoms with E-state index >= 15 is 0 Å². The second kappa shape index (κ2) is 4.28. The van der Waals surface area contributed by atoms with Crippen LogP contribution >= 0.6 is 0 Å². The van der Waals surface area contributed by atoms with E-state index in [1.165, 1.54) is 0 Å². The Morgan fingerprint density at radius 3 is 2.44 bits per heavy atom. The van der Waals surface area contributed by atoms with E-state index in [1.54, 1.807) is 0 Å². The van der Waals surface area contributed by atoms with Crippen LogP contribution in [0.5, 0.6) is 0 Å². The van der Waals surface area contributed by atoms with Gasteiger partial charge >= 0.3 is 0 Å². The molecular weight excluding hydrogens is 204 g/mol. The number of aliphatic hydroxyl groups excluding tert-OH is 1. The summed E-state index contributed by atoms with van der Waals surface area (Å²) in [5.74, 6) is 0.161. The maximum atomic E-state index is 9.99. The van der Waals surface area contributed by atoms with Gasteiger partial charge in [0.15, 0.2) is 5.79 Å². The predicted molar refractivity (Wildman–Crippen MR) is 62.1 cm³/mol. The molecule has 0 aromatic heterocycles. The van der Waals surface area contributed by atoms with Crippen LogP contribution in [0.3, 0.4) is 0 Å². The lowest BCUT2D eigenvalue weighted by atomic mass is 9.62. The van der Waals surface area contributed by atoms with Gasteiger partial charge in [0.05, 0.1) is 19.3 Å². The summed E-state index contributed by atoms with van der Waals surface area (Å²) >= 11 is 0. The molecule has 2 rings (SSSR count). The van der Waals surface area contributed by atoms with Crippen molar-refractivity contribution in [2.24, 2.45) is 11.3 Å². The van der Waals surface area contributed by atoms with E-state index in [0.29, 0.717) is 5.92 Å². The minimum absolute atomic E-state index is 0.0231.